The van der Waals surface area contributed by atoms with E-state index in [9.17, 15) is 9.59 Å². The molecule has 1 aliphatic rings. The van der Waals surface area contributed by atoms with Crippen molar-refractivity contribution >= 4 is 23.2 Å². The third kappa shape index (κ3) is 4.04. The molecule has 1 atom stereocenters. The van der Waals surface area contributed by atoms with Crippen LogP contribution in [0, 0.1) is 0 Å². The molecular formula is C17H22N3O3S+. The van der Waals surface area contributed by atoms with E-state index in [0.29, 0.717) is 39.3 Å². The predicted octanol–water partition coefficient (Wildman–Crippen LogP) is 0.340. The normalized spacial score (nSPS) is 16.2. The van der Waals surface area contributed by atoms with Gasteiger partial charge >= 0.3 is 0 Å². The zero-order chi connectivity index (χ0) is 16.9. The SMILES string of the molecule is C[NH+](CC(=O)N1CCN(C(=O)c2cccs2)CC1)Cc1ccco1. The van der Waals surface area contributed by atoms with Crippen LogP contribution in [0.15, 0.2) is 40.3 Å². The molecule has 128 valence electrons. The van der Waals surface area contributed by atoms with E-state index in [0.717, 1.165) is 15.5 Å². The quantitative estimate of drug-likeness (QED) is 0.848. The van der Waals surface area contributed by atoms with Gasteiger partial charge in [-0.1, -0.05) is 6.07 Å². The maximum absolute atomic E-state index is 12.4. The summed E-state index contributed by atoms with van der Waals surface area (Å²) in [6.07, 6.45) is 1.65. The van der Waals surface area contributed by atoms with Crippen LogP contribution in [0.2, 0.25) is 0 Å². The smallest absolute Gasteiger partial charge is 0.277 e. The van der Waals surface area contributed by atoms with Gasteiger partial charge in [-0.15, -0.1) is 11.3 Å². The molecule has 7 heteroatoms. The van der Waals surface area contributed by atoms with Crippen molar-refractivity contribution in [1.82, 2.24) is 9.80 Å². The second-order valence-corrected chi connectivity index (χ2v) is 6.99. The van der Waals surface area contributed by atoms with E-state index >= 15 is 0 Å². The average molecular weight is 348 g/mol. The number of nitrogens with one attached hydrogen (secondary N) is 1. The van der Waals surface area contributed by atoms with Crippen LogP contribution in [0.1, 0.15) is 15.4 Å². The highest BCUT2D eigenvalue weighted by Gasteiger charge is 2.26. The predicted molar refractivity (Wildman–Crippen MR) is 91.0 cm³/mol. The highest BCUT2D eigenvalue weighted by Crippen LogP contribution is 2.13. The lowest BCUT2D eigenvalue weighted by molar-refractivity contribution is -0.886. The number of amides is 2. The Bertz CT molecular complexity index is 661. The Kier molecular flexibility index (Phi) is 5.32. The van der Waals surface area contributed by atoms with Gasteiger partial charge in [-0.25, -0.2) is 0 Å². The minimum absolute atomic E-state index is 0.0673. The second kappa shape index (κ2) is 7.63. The topological polar surface area (TPSA) is 58.2 Å². The lowest BCUT2D eigenvalue weighted by atomic mass is 10.2. The Morgan fingerprint density at radius 1 is 1.17 bits per heavy atom. The van der Waals surface area contributed by atoms with Crippen LogP contribution < -0.4 is 4.90 Å². The maximum Gasteiger partial charge on any atom is 0.277 e. The number of carbonyl (C=O) groups excluding carboxylic acids is 2. The fourth-order valence-electron chi connectivity index (χ4n) is 2.86. The fourth-order valence-corrected chi connectivity index (χ4v) is 3.55. The van der Waals surface area contributed by atoms with Crippen LogP contribution >= 0.6 is 11.3 Å². The molecule has 0 saturated carbocycles. The van der Waals surface area contributed by atoms with E-state index in [1.807, 2.05) is 46.5 Å². The molecule has 2 amide bonds. The molecule has 1 aliphatic heterocycles. The Morgan fingerprint density at radius 3 is 2.54 bits per heavy atom. The zero-order valence-corrected chi connectivity index (χ0v) is 14.6. The average Bonchev–Trinajstić information content (AvgIpc) is 3.27. The first-order valence-electron chi connectivity index (χ1n) is 8.07. The third-order valence-corrected chi connectivity index (χ3v) is 5.02. The van der Waals surface area contributed by atoms with Crippen LogP contribution in [0.5, 0.6) is 0 Å². The largest absolute Gasteiger partial charge is 0.463 e. The highest BCUT2D eigenvalue weighted by molar-refractivity contribution is 7.12. The van der Waals surface area contributed by atoms with Gasteiger partial charge in [0.05, 0.1) is 18.2 Å². The summed E-state index contributed by atoms with van der Waals surface area (Å²) in [7, 11) is 1.98. The second-order valence-electron chi connectivity index (χ2n) is 6.04. The van der Waals surface area contributed by atoms with Gasteiger partial charge in [0.25, 0.3) is 11.8 Å². The molecular weight excluding hydrogens is 326 g/mol. The van der Waals surface area contributed by atoms with Crippen molar-refractivity contribution in [1.29, 1.82) is 0 Å². The van der Waals surface area contributed by atoms with Gasteiger partial charge in [0, 0.05) is 26.2 Å². The Balaban J connectivity index is 1.45. The summed E-state index contributed by atoms with van der Waals surface area (Å²) < 4.78 is 5.32. The monoisotopic (exact) mass is 348 g/mol. The Morgan fingerprint density at radius 2 is 1.92 bits per heavy atom. The molecule has 3 rings (SSSR count). The molecule has 0 spiro atoms. The van der Waals surface area contributed by atoms with Gasteiger partial charge in [0.2, 0.25) is 0 Å². The molecule has 1 N–H and O–H groups in total. The van der Waals surface area contributed by atoms with E-state index in [1.54, 1.807) is 6.26 Å². The number of carbonyl (C=O) groups is 2. The van der Waals surface area contributed by atoms with Gasteiger partial charge < -0.3 is 19.1 Å². The summed E-state index contributed by atoms with van der Waals surface area (Å²) in [6, 6.07) is 7.50. The Hall–Kier alpha value is -2.12. The molecule has 24 heavy (non-hydrogen) atoms. The molecule has 0 radical (unpaired) electrons. The number of nitrogens with zero attached hydrogens (tertiary/aromatic N) is 2. The standard InChI is InChI=1S/C17H21N3O3S/c1-18(12-14-4-2-10-23-14)13-16(21)19-6-8-20(9-7-19)17(22)15-5-3-11-24-15/h2-5,10-11H,6-9,12-13H2,1H3/p+1. The summed E-state index contributed by atoms with van der Waals surface area (Å²) in [5, 5.41) is 1.91. The molecule has 0 aliphatic carbocycles. The summed E-state index contributed by atoms with van der Waals surface area (Å²) >= 11 is 1.46. The van der Waals surface area contributed by atoms with Crippen molar-refractivity contribution in [2.75, 3.05) is 39.8 Å². The third-order valence-electron chi connectivity index (χ3n) is 4.16. The first-order valence-corrected chi connectivity index (χ1v) is 8.95. The molecule has 2 aromatic heterocycles. The van der Waals surface area contributed by atoms with Gasteiger partial charge in [0.15, 0.2) is 12.3 Å². The number of quaternary nitrogens is 1. The highest BCUT2D eigenvalue weighted by atomic mass is 32.1. The fraction of sp³-hybridized carbons (Fsp3) is 0.412. The van der Waals surface area contributed by atoms with Crippen molar-refractivity contribution in [3.63, 3.8) is 0 Å². The van der Waals surface area contributed by atoms with E-state index < -0.39 is 0 Å². The Labute approximate surface area is 145 Å². The number of hydrogen-bond donors (Lipinski definition) is 1. The van der Waals surface area contributed by atoms with Crippen molar-refractivity contribution in [2.24, 2.45) is 0 Å². The summed E-state index contributed by atoms with van der Waals surface area (Å²) in [6.45, 7) is 3.52. The molecule has 1 fully saturated rings. The molecule has 0 bridgehead atoms. The van der Waals surface area contributed by atoms with E-state index in [4.69, 9.17) is 4.42 Å². The molecule has 1 saturated heterocycles. The van der Waals surface area contributed by atoms with Gasteiger partial charge in [-0.05, 0) is 23.6 Å². The van der Waals surface area contributed by atoms with Crippen molar-refractivity contribution in [2.45, 2.75) is 6.54 Å². The minimum Gasteiger partial charge on any atom is -0.463 e. The number of thiophene rings is 1. The zero-order valence-electron chi connectivity index (χ0n) is 13.7. The van der Waals surface area contributed by atoms with E-state index in [2.05, 4.69) is 0 Å². The van der Waals surface area contributed by atoms with Crippen molar-refractivity contribution in [3.8, 4) is 0 Å². The summed E-state index contributed by atoms with van der Waals surface area (Å²) in [5.74, 6) is 1.08. The lowest BCUT2D eigenvalue weighted by Gasteiger charge is -2.34. The van der Waals surface area contributed by atoms with E-state index in [1.165, 1.54) is 11.3 Å². The molecule has 3 heterocycles. The number of likely N-dealkylation sites (N-methyl/N-ethyl adjacent to an activating group) is 1. The lowest BCUT2D eigenvalue weighted by Crippen LogP contribution is -3.08. The number of piperazine rings is 1. The first kappa shape index (κ1) is 16.7. The van der Waals surface area contributed by atoms with Crippen LogP contribution in [0.25, 0.3) is 0 Å². The summed E-state index contributed by atoms with van der Waals surface area (Å²) in [4.78, 5) is 30.3. The molecule has 0 aromatic carbocycles. The minimum atomic E-state index is 0.0673. The first-order chi connectivity index (χ1) is 11.6. The number of furan rings is 1. The van der Waals surface area contributed by atoms with Gasteiger partial charge in [0.1, 0.15) is 6.54 Å². The molecule has 2 aromatic rings. The van der Waals surface area contributed by atoms with Crippen LogP contribution in [0.3, 0.4) is 0 Å². The number of hydrogen-bond acceptors (Lipinski definition) is 4. The van der Waals surface area contributed by atoms with Crippen molar-refractivity contribution in [3.05, 3.63) is 46.5 Å². The number of rotatable bonds is 5. The van der Waals surface area contributed by atoms with Crippen LogP contribution in [-0.4, -0.2) is 61.4 Å². The maximum atomic E-state index is 12.4. The van der Waals surface area contributed by atoms with Crippen LogP contribution in [0.4, 0.5) is 0 Å². The molecule has 1 unspecified atom stereocenters. The van der Waals surface area contributed by atoms with Crippen LogP contribution in [-0.2, 0) is 11.3 Å². The molecule has 6 nitrogen and oxygen atoms in total. The van der Waals surface area contributed by atoms with Crippen molar-refractivity contribution < 1.29 is 18.9 Å². The van der Waals surface area contributed by atoms with E-state index in [-0.39, 0.29) is 11.8 Å². The summed E-state index contributed by atoms with van der Waals surface area (Å²) in [5.41, 5.74) is 0. The van der Waals surface area contributed by atoms with Gasteiger partial charge in [-0.3, -0.25) is 9.59 Å². The van der Waals surface area contributed by atoms with Gasteiger partial charge in [-0.2, -0.15) is 0 Å².